The smallest absolute Gasteiger partial charge is 0.0587 e. The molecule has 0 heterocycles. The quantitative estimate of drug-likeness (QED) is 0.713. The molecule has 2 rings (SSSR count). The standard InChI is InChI=1S/C16H25NO/c1-18-13-12-17-11-5-9-14-6-2-3-10-16(14)15-7-4-8-15/h2-3,6,10,15,17H,4-5,7-9,11-13H2,1H3. The van der Waals surface area contributed by atoms with Crippen molar-refractivity contribution < 1.29 is 4.74 Å². The molecule has 1 aliphatic rings. The predicted molar refractivity (Wildman–Crippen MR) is 76.1 cm³/mol. The predicted octanol–water partition coefficient (Wildman–Crippen LogP) is 3.12. The average molecular weight is 247 g/mol. The van der Waals surface area contributed by atoms with Gasteiger partial charge in [-0.15, -0.1) is 0 Å². The zero-order chi connectivity index (χ0) is 12.6. The van der Waals surface area contributed by atoms with Gasteiger partial charge in [-0.05, 0) is 49.3 Å². The van der Waals surface area contributed by atoms with Gasteiger partial charge < -0.3 is 10.1 Å². The Morgan fingerprint density at radius 1 is 1.22 bits per heavy atom. The van der Waals surface area contributed by atoms with Crippen LogP contribution < -0.4 is 5.32 Å². The first-order valence-corrected chi connectivity index (χ1v) is 7.19. The maximum Gasteiger partial charge on any atom is 0.0587 e. The minimum Gasteiger partial charge on any atom is -0.383 e. The summed E-state index contributed by atoms with van der Waals surface area (Å²) < 4.78 is 5.02. The fraction of sp³-hybridized carbons (Fsp3) is 0.625. The molecular formula is C16H25NO. The van der Waals surface area contributed by atoms with Crippen LogP contribution in [-0.4, -0.2) is 26.8 Å². The molecule has 1 N–H and O–H groups in total. The Labute approximate surface area is 111 Å². The molecule has 18 heavy (non-hydrogen) atoms. The molecule has 0 unspecified atom stereocenters. The van der Waals surface area contributed by atoms with E-state index >= 15 is 0 Å². The summed E-state index contributed by atoms with van der Waals surface area (Å²) in [7, 11) is 1.75. The fourth-order valence-electron chi connectivity index (χ4n) is 2.58. The van der Waals surface area contributed by atoms with Crippen molar-refractivity contribution in [3.8, 4) is 0 Å². The largest absolute Gasteiger partial charge is 0.383 e. The van der Waals surface area contributed by atoms with E-state index in [1.54, 1.807) is 18.2 Å². The van der Waals surface area contributed by atoms with Crippen LogP contribution in [0.3, 0.4) is 0 Å². The lowest BCUT2D eigenvalue weighted by Gasteiger charge is -2.28. The molecule has 0 amide bonds. The molecule has 1 saturated carbocycles. The van der Waals surface area contributed by atoms with Gasteiger partial charge in [-0.1, -0.05) is 30.7 Å². The molecular weight excluding hydrogens is 222 g/mol. The van der Waals surface area contributed by atoms with Crippen LogP contribution in [0, 0.1) is 0 Å². The van der Waals surface area contributed by atoms with Gasteiger partial charge >= 0.3 is 0 Å². The van der Waals surface area contributed by atoms with Crippen LogP contribution in [-0.2, 0) is 11.2 Å². The summed E-state index contributed by atoms with van der Waals surface area (Å²) in [6.07, 6.45) is 6.61. The number of methoxy groups -OCH3 is 1. The van der Waals surface area contributed by atoms with E-state index in [0.717, 1.165) is 25.6 Å². The lowest BCUT2D eigenvalue weighted by Crippen LogP contribution is -2.21. The third-order valence-corrected chi connectivity index (χ3v) is 3.88. The van der Waals surface area contributed by atoms with E-state index in [4.69, 9.17) is 4.74 Å². The molecule has 1 aromatic carbocycles. The third kappa shape index (κ3) is 3.82. The summed E-state index contributed by atoms with van der Waals surface area (Å²) >= 11 is 0. The van der Waals surface area contributed by atoms with Crippen LogP contribution in [0.1, 0.15) is 42.7 Å². The van der Waals surface area contributed by atoms with Crippen LogP contribution in [0.15, 0.2) is 24.3 Å². The number of benzene rings is 1. The molecule has 0 aliphatic heterocycles. The Balaban J connectivity index is 1.74. The van der Waals surface area contributed by atoms with E-state index in [9.17, 15) is 0 Å². The number of ether oxygens (including phenoxy) is 1. The van der Waals surface area contributed by atoms with Crippen molar-refractivity contribution in [3.05, 3.63) is 35.4 Å². The minimum atomic E-state index is 0.804. The van der Waals surface area contributed by atoms with Crippen molar-refractivity contribution in [2.75, 3.05) is 26.8 Å². The van der Waals surface area contributed by atoms with Crippen molar-refractivity contribution in [1.29, 1.82) is 0 Å². The lowest BCUT2D eigenvalue weighted by atomic mass is 9.77. The van der Waals surface area contributed by atoms with Crippen LogP contribution in [0.5, 0.6) is 0 Å². The zero-order valence-corrected chi connectivity index (χ0v) is 11.5. The Hall–Kier alpha value is -0.860. The summed E-state index contributed by atoms with van der Waals surface area (Å²) in [5.74, 6) is 0.850. The van der Waals surface area contributed by atoms with Gasteiger partial charge in [-0.25, -0.2) is 0 Å². The number of hydrogen-bond acceptors (Lipinski definition) is 2. The molecule has 2 heteroatoms. The topological polar surface area (TPSA) is 21.3 Å². The Kier molecular flexibility index (Phi) is 5.69. The summed E-state index contributed by atoms with van der Waals surface area (Å²) in [6.45, 7) is 2.85. The van der Waals surface area contributed by atoms with Crippen molar-refractivity contribution >= 4 is 0 Å². The van der Waals surface area contributed by atoms with Crippen molar-refractivity contribution in [3.63, 3.8) is 0 Å². The van der Waals surface area contributed by atoms with Gasteiger partial charge in [0.25, 0.3) is 0 Å². The second-order valence-corrected chi connectivity index (χ2v) is 5.17. The molecule has 100 valence electrons. The highest BCUT2D eigenvalue weighted by molar-refractivity contribution is 5.31. The van der Waals surface area contributed by atoms with Gasteiger partial charge in [-0.3, -0.25) is 0 Å². The summed E-state index contributed by atoms with van der Waals surface area (Å²) in [6, 6.07) is 9.00. The van der Waals surface area contributed by atoms with E-state index in [0.29, 0.717) is 0 Å². The maximum absolute atomic E-state index is 5.02. The number of rotatable bonds is 8. The summed E-state index contributed by atoms with van der Waals surface area (Å²) in [5, 5.41) is 3.41. The summed E-state index contributed by atoms with van der Waals surface area (Å²) in [4.78, 5) is 0. The van der Waals surface area contributed by atoms with Gasteiger partial charge in [-0.2, -0.15) is 0 Å². The third-order valence-electron chi connectivity index (χ3n) is 3.88. The Morgan fingerprint density at radius 3 is 2.78 bits per heavy atom. The lowest BCUT2D eigenvalue weighted by molar-refractivity contribution is 0.199. The summed E-state index contributed by atoms with van der Waals surface area (Å²) in [5.41, 5.74) is 3.18. The SMILES string of the molecule is COCCNCCCc1ccccc1C1CCC1. The first-order valence-electron chi connectivity index (χ1n) is 7.19. The molecule has 1 aliphatic carbocycles. The highest BCUT2D eigenvalue weighted by atomic mass is 16.5. The van der Waals surface area contributed by atoms with Gasteiger partial charge in [0.15, 0.2) is 0 Å². The highest BCUT2D eigenvalue weighted by Crippen LogP contribution is 2.38. The second-order valence-electron chi connectivity index (χ2n) is 5.17. The van der Waals surface area contributed by atoms with Crippen molar-refractivity contribution in [1.82, 2.24) is 5.32 Å². The molecule has 0 saturated heterocycles. The molecule has 1 fully saturated rings. The average Bonchev–Trinajstić information content (AvgIpc) is 2.33. The van der Waals surface area contributed by atoms with E-state index in [1.807, 2.05) is 0 Å². The fourth-order valence-corrected chi connectivity index (χ4v) is 2.58. The van der Waals surface area contributed by atoms with Gasteiger partial charge in [0, 0.05) is 13.7 Å². The number of nitrogens with one attached hydrogen (secondary N) is 1. The van der Waals surface area contributed by atoms with Crippen LogP contribution >= 0.6 is 0 Å². The van der Waals surface area contributed by atoms with E-state index in [-0.39, 0.29) is 0 Å². The zero-order valence-electron chi connectivity index (χ0n) is 11.5. The first-order chi connectivity index (χ1) is 8.92. The molecule has 0 radical (unpaired) electrons. The Morgan fingerprint density at radius 2 is 2.06 bits per heavy atom. The van der Waals surface area contributed by atoms with Crippen molar-refractivity contribution in [2.45, 2.75) is 38.0 Å². The molecule has 0 aromatic heterocycles. The van der Waals surface area contributed by atoms with E-state index < -0.39 is 0 Å². The molecule has 2 nitrogen and oxygen atoms in total. The monoisotopic (exact) mass is 247 g/mol. The van der Waals surface area contributed by atoms with E-state index in [2.05, 4.69) is 29.6 Å². The molecule has 0 atom stereocenters. The number of aryl methyl sites for hydroxylation is 1. The van der Waals surface area contributed by atoms with Crippen LogP contribution in [0.25, 0.3) is 0 Å². The highest BCUT2D eigenvalue weighted by Gasteiger charge is 2.21. The van der Waals surface area contributed by atoms with Gasteiger partial charge in [0.05, 0.1) is 6.61 Å². The van der Waals surface area contributed by atoms with Crippen LogP contribution in [0.2, 0.25) is 0 Å². The van der Waals surface area contributed by atoms with Gasteiger partial charge in [0.1, 0.15) is 0 Å². The van der Waals surface area contributed by atoms with Crippen LogP contribution in [0.4, 0.5) is 0 Å². The molecule has 1 aromatic rings. The number of hydrogen-bond donors (Lipinski definition) is 1. The minimum absolute atomic E-state index is 0.804. The Bertz CT molecular complexity index is 347. The normalized spacial score (nSPS) is 15.6. The second kappa shape index (κ2) is 7.55. The maximum atomic E-state index is 5.02. The van der Waals surface area contributed by atoms with Gasteiger partial charge in [0.2, 0.25) is 0 Å². The van der Waals surface area contributed by atoms with E-state index in [1.165, 1.54) is 32.1 Å². The molecule has 0 spiro atoms. The van der Waals surface area contributed by atoms with Crippen molar-refractivity contribution in [2.24, 2.45) is 0 Å². The first kappa shape index (κ1) is 13.6. The molecule has 0 bridgehead atoms.